The highest BCUT2D eigenvalue weighted by Crippen LogP contribution is 2.26. The van der Waals surface area contributed by atoms with Crippen molar-refractivity contribution < 1.29 is 27.4 Å². The molecule has 0 heterocycles. The molecule has 0 radical (unpaired) electrons. The van der Waals surface area contributed by atoms with Crippen molar-refractivity contribution in [1.82, 2.24) is 10.2 Å². The number of halogens is 3. The van der Waals surface area contributed by atoms with E-state index >= 15 is 0 Å². The second kappa shape index (κ2) is 8.46. The van der Waals surface area contributed by atoms with Crippen LogP contribution in [0.5, 0.6) is 11.5 Å². The van der Waals surface area contributed by atoms with E-state index in [1.807, 2.05) is 12.1 Å². The van der Waals surface area contributed by atoms with E-state index in [1.54, 1.807) is 32.4 Å². The average Bonchev–Trinajstić information content (AvgIpc) is 2.59. The number of nitrogens with one attached hydrogen (secondary N) is 1. The normalized spacial score (nSPS) is 11.0. The number of ether oxygens (including phenoxy) is 2. The maximum absolute atomic E-state index is 12.4. The Kier molecular flexibility index (Phi) is 6.32. The van der Waals surface area contributed by atoms with Crippen LogP contribution in [-0.2, 0) is 13.1 Å². The summed E-state index contributed by atoms with van der Waals surface area (Å²) >= 11 is 0. The summed E-state index contributed by atoms with van der Waals surface area (Å²) in [6.45, 7) is 0.233. The third kappa shape index (κ3) is 5.87. The predicted molar refractivity (Wildman–Crippen MR) is 89.8 cm³/mol. The molecule has 1 N–H and O–H groups in total. The van der Waals surface area contributed by atoms with E-state index in [0.29, 0.717) is 12.3 Å². The molecular weight excluding hydrogens is 349 g/mol. The molecule has 2 amide bonds. The van der Waals surface area contributed by atoms with Gasteiger partial charge in [-0.05, 0) is 23.8 Å². The van der Waals surface area contributed by atoms with Crippen LogP contribution < -0.4 is 14.8 Å². The van der Waals surface area contributed by atoms with Crippen LogP contribution in [-0.4, -0.2) is 31.5 Å². The fourth-order valence-electron chi connectivity index (χ4n) is 2.30. The van der Waals surface area contributed by atoms with Gasteiger partial charge in [-0.3, -0.25) is 0 Å². The average molecular weight is 368 g/mol. The third-order valence-electron chi connectivity index (χ3n) is 3.53. The Hall–Kier alpha value is -2.90. The van der Waals surface area contributed by atoms with Gasteiger partial charge in [0.15, 0.2) is 0 Å². The summed E-state index contributed by atoms with van der Waals surface area (Å²) in [5.41, 5.74) is 1.09. The van der Waals surface area contributed by atoms with Crippen molar-refractivity contribution in [1.29, 1.82) is 0 Å². The monoisotopic (exact) mass is 368 g/mol. The molecule has 0 spiro atoms. The number of nitrogens with zero attached hydrogens (tertiary/aromatic N) is 1. The zero-order chi connectivity index (χ0) is 19.2. The molecular formula is C18H19F3N2O3. The van der Waals surface area contributed by atoms with E-state index in [0.717, 1.165) is 5.56 Å². The number of para-hydroxylation sites is 1. The minimum atomic E-state index is -4.79. The Labute approximate surface area is 149 Å². The van der Waals surface area contributed by atoms with E-state index in [1.165, 1.54) is 23.1 Å². The Morgan fingerprint density at radius 1 is 1.15 bits per heavy atom. The lowest BCUT2D eigenvalue weighted by Gasteiger charge is -2.19. The van der Waals surface area contributed by atoms with Crippen LogP contribution in [0, 0.1) is 0 Å². The largest absolute Gasteiger partial charge is 0.573 e. The topological polar surface area (TPSA) is 50.8 Å². The highest BCUT2D eigenvalue weighted by Gasteiger charge is 2.32. The molecule has 0 unspecified atom stereocenters. The summed E-state index contributed by atoms with van der Waals surface area (Å²) in [6, 6.07) is 12.5. The second-order valence-corrected chi connectivity index (χ2v) is 5.52. The van der Waals surface area contributed by atoms with E-state index in [-0.39, 0.29) is 17.9 Å². The summed E-state index contributed by atoms with van der Waals surface area (Å²) in [7, 11) is 3.14. The standard InChI is InChI=1S/C18H19F3N2O3/c1-23(12-13-6-5-8-15(10-13)25-2)17(24)22-11-14-7-3-4-9-16(14)26-18(19,20)21/h3-10H,11-12H2,1-2H3,(H,22,24). The molecule has 0 saturated heterocycles. The zero-order valence-electron chi connectivity index (χ0n) is 14.3. The van der Waals surface area contributed by atoms with Crippen molar-refractivity contribution >= 4 is 6.03 Å². The van der Waals surface area contributed by atoms with Crippen LogP contribution in [0.4, 0.5) is 18.0 Å². The Morgan fingerprint density at radius 2 is 1.88 bits per heavy atom. The van der Waals surface area contributed by atoms with Gasteiger partial charge in [-0.15, -0.1) is 13.2 Å². The van der Waals surface area contributed by atoms with Gasteiger partial charge in [0.25, 0.3) is 0 Å². The quantitative estimate of drug-likeness (QED) is 0.840. The number of urea groups is 1. The minimum Gasteiger partial charge on any atom is -0.497 e. The Bertz CT molecular complexity index is 750. The first-order chi connectivity index (χ1) is 12.3. The van der Waals surface area contributed by atoms with Crippen molar-refractivity contribution in [2.45, 2.75) is 19.5 Å². The number of hydrogen-bond donors (Lipinski definition) is 1. The number of methoxy groups -OCH3 is 1. The summed E-state index contributed by atoms with van der Waals surface area (Å²) in [5.74, 6) is 0.338. The van der Waals surface area contributed by atoms with Crippen LogP contribution >= 0.6 is 0 Å². The van der Waals surface area contributed by atoms with E-state index in [4.69, 9.17) is 4.74 Å². The first-order valence-electron chi connectivity index (χ1n) is 7.74. The van der Waals surface area contributed by atoms with Crippen molar-refractivity contribution in [3.05, 3.63) is 59.7 Å². The van der Waals surface area contributed by atoms with Crippen LogP contribution in [0.2, 0.25) is 0 Å². The van der Waals surface area contributed by atoms with Gasteiger partial charge in [-0.2, -0.15) is 0 Å². The molecule has 0 bridgehead atoms. The number of hydrogen-bond acceptors (Lipinski definition) is 3. The molecule has 0 aliphatic carbocycles. The van der Waals surface area contributed by atoms with Crippen molar-refractivity contribution in [2.75, 3.05) is 14.2 Å². The number of amides is 2. The molecule has 0 atom stereocenters. The first kappa shape index (κ1) is 19.4. The van der Waals surface area contributed by atoms with Gasteiger partial charge in [0.1, 0.15) is 11.5 Å². The van der Waals surface area contributed by atoms with Gasteiger partial charge in [-0.1, -0.05) is 30.3 Å². The molecule has 0 aliphatic rings. The number of rotatable bonds is 6. The Balaban J connectivity index is 1.95. The Morgan fingerprint density at radius 3 is 2.58 bits per heavy atom. The van der Waals surface area contributed by atoms with E-state index in [9.17, 15) is 18.0 Å². The fraction of sp³-hybridized carbons (Fsp3) is 0.278. The lowest BCUT2D eigenvalue weighted by Crippen LogP contribution is -2.36. The molecule has 2 rings (SSSR count). The third-order valence-corrected chi connectivity index (χ3v) is 3.53. The lowest BCUT2D eigenvalue weighted by molar-refractivity contribution is -0.274. The van der Waals surface area contributed by atoms with Crippen LogP contribution in [0.1, 0.15) is 11.1 Å². The van der Waals surface area contributed by atoms with Gasteiger partial charge < -0.3 is 19.7 Å². The van der Waals surface area contributed by atoms with Crippen molar-refractivity contribution in [2.24, 2.45) is 0 Å². The van der Waals surface area contributed by atoms with E-state index < -0.39 is 12.4 Å². The SMILES string of the molecule is COc1cccc(CN(C)C(=O)NCc2ccccc2OC(F)(F)F)c1. The molecule has 0 aromatic heterocycles. The summed E-state index contributed by atoms with van der Waals surface area (Å²) < 4.78 is 46.4. The number of carbonyl (C=O) groups is 1. The smallest absolute Gasteiger partial charge is 0.497 e. The number of benzene rings is 2. The van der Waals surface area contributed by atoms with Gasteiger partial charge in [-0.25, -0.2) is 4.79 Å². The maximum atomic E-state index is 12.4. The van der Waals surface area contributed by atoms with Crippen LogP contribution in [0.25, 0.3) is 0 Å². The first-order valence-corrected chi connectivity index (χ1v) is 7.74. The molecule has 140 valence electrons. The highest BCUT2D eigenvalue weighted by molar-refractivity contribution is 5.74. The van der Waals surface area contributed by atoms with Gasteiger partial charge in [0.2, 0.25) is 0 Å². The summed E-state index contributed by atoms with van der Waals surface area (Å²) in [6.07, 6.45) is -4.79. The minimum absolute atomic E-state index is 0.0897. The van der Waals surface area contributed by atoms with Gasteiger partial charge >= 0.3 is 12.4 Å². The molecule has 0 fully saturated rings. The fourth-order valence-corrected chi connectivity index (χ4v) is 2.30. The molecule has 2 aromatic rings. The lowest BCUT2D eigenvalue weighted by atomic mass is 10.2. The predicted octanol–water partition coefficient (Wildman–Crippen LogP) is 3.94. The molecule has 8 heteroatoms. The van der Waals surface area contributed by atoms with Crippen LogP contribution in [0.3, 0.4) is 0 Å². The van der Waals surface area contributed by atoms with Gasteiger partial charge in [0, 0.05) is 25.7 Å². The van der Waals surface area contributed by atoms with Crippen LogP contribution in [0.15, 0.2) is 48.5 Å². The number of carbonyl (C=O) groups excluding carboxylic acids is 1. The van der Waals surface area contributed by atoms with Crippen molar-refractivity contribution in [3.8, 4) is 11.5 Å². The summed E-state index contributed by atoms with van der Waals surface area (Å²) in [4.78, 5) is 13.6. The van der Waals surface area contributed by atoms with Crippen molar-refractivity contribution in [3.63, 3.8) is 0 Å². The van der Waals surface area contributed by atoms with E-state index in [2.05, 4.69) is 10.1 Å². The zero-order valence-corrected chi connectivity index (χ0v) is 14.3. The summed E-state index contributed by atoms with van der Waals surface area (Å²) in [5, 5.41) is 2.58. The number of alkyl halides is 3. The molecule has 5 nitrogen and oxygen atoms in total. The second-order valence-electron chi connectivity index (χ2n) is 5.52. The molecule has 0 saturated carbocycles. The highest BCUT2D eigenvalue weighted by atomic mass is 19.4. The maximum Gasteiger partial charge on any atom is 0.573 e. The van der Waals surface area contributed by atoms with Gasteiger partial charge in [0.05, 0.1) is 7.11 Å². The molecule has 26 heavy (non-hydrogen) atoms. The molecule has 2 aromatic carbocycles. The molecule has 0 aliphatic heterocycles.